The lowest BCUT2D eigenvalue weighted by Crippen LogP contribution is -2.52. The van der Waals surface area contributed by atoms with Crippen molar-refractivity contribution in [1.82, 2.24) is 9.80 Å². The van der Waals surface area contributed by atoms with Crippen molar-refractivity contribution < 1.29 is 4.79 Å². The number of thiocarbonyl (C=S) groups is 1. The quantitative estimate of drug-likeness (QED) is 0.809. The molecule has 1 saturated heterocycles. The van der Waals surface area contributed by atoms with Crippen LogP contribution in [0.15, 0.2) is 54.6 Å². The van der Waals surface area contributed by atoms with Gasteiger partial charge in [-0.05, 0) is 48.5 Å². The van der Waals surface area contributed by atoms with E-state index in [1.807, 2.05) is 35.2 Å². The van der Waals surface area contributed by atoms with Gasteiger partial charge in [-0.25, -0.2) is 4.79 Å². The standard InChI is InChI=1S/C20H24N4OS/c1-2-16-8-10-18(11-9-16)22-20(26)24-14-12-23(13-15-24)19(25)21-17-6-4-3-5-7-17/h3-11H,2,12-15H2,1H3,(H,21,25)(H,22,26). The third-order valence-electron chi connectivity index (χ3n) is 4.49. The molecule has 0 atom stereocenters. The van der Waals surface area contributed by atoms with Crippen LogP contribution in [0.4, 0.5) is 16.2 Å². The van der Waals surface area contributed by atoms with E-state index in [1.54, 1.807) is 0 Å². The topological polar surface area (TPSA) is 47.6 Å². The Balaban J connectivity index is 1.48. The van der Waals surface area contributed by atoms with Crippen molar-refractivity contribution >= 4 is 34.7 Å². The van der Waals surface area contributed by atoms with Crippen LogP contribution in [0.2, 0.25) is 0 Å². The lowest BCUT2D eigenvalue weighted by molar-refractivity contribution is 0.182. The van der Waals surface area contributed by atoms with E-state index < -0.39 is 0 Å². The number of amides is 2. The molecule has 1 aliphatic heterocycles. The molecule has 2 aromatic rings. The fraction of sp³-hybridized carbons (Fsp3) is 0.300. The maximum absolute atomic E-state index is 12.3. The molecule has 0 spiro atoms. The third kappa shape index (κ3) is 4.73. The fourth-order valence-corrected chi connectivity index (χ4v) is 3.16. The van der Waals surface area contributed by atoms with Gasteiger partial charge in [-0.3, -0.25) is 0 Å². The van der Waals surface area contributed by atoms with Crippen LogP contribution in [0, 0.1) is 0 Å². The Morgan fingerprint density at radius 2 is 1.46 bits per heavy atom. The molecule has 2 amide bonds. The number of anilines is 2. The Bertz CT molecular complexity index is 740. The van der Waals surface area contributed by atoms with Gasteiger partial charge in [-0.15, -0.1) is 0 Å². The molecule has 1 heterocycles. The average molecular weight is 369 g/mol. The van der Waals surface area contributed by atoms with Gasteiger partial charge < -0.3 is 20.4 Å². The van der Waals surface area contributed by atoms with Crippen molar-refractivity contribution in [1.29, 1.82) is 0 Å². The van der Waals surface area contributed by atoms with Gasteiger partial charge in [0.25, 0.3) is 0 Å². The summed E-state index contributed by atoms with van der Waals surface area (Å²) in [6.45, 7) is 4.88. The number of nitrogens with zero attached hydrogens (tertiary/aromatic N) is 2. The molecule has 6 heteroatoms. The number of carbonyl (C=O) groups is 1. The number of aryl methyl sites for hydroxylation is 1. The highest BCUT2D eigenvalue weighted by Crippen LogP contribution is 2.13. The van der Waals surface area contributed by atoms with Gasteiger partial charge in [-0.2, -0.15) is 0 Å². The highest BCUT2D eigenvalue weighted by atomic mass is 32.1. The second kappa shape index (κ2) is 8.67. The Kier molecular flexibility index (Phi) is 6.07. The van der Waals surface area contributed by atoms with E-state index in [1.165, 1.54) is 5.56 Å². The summed E-state index contributed by atoms with van der Waals surface area (Å²) < 4.78 is 0. The molecule has 1 aliphatic rings. The van der Waals surface area contributed by atoms with Crippen LogP contribution in [-0.4, -0.2) is 47.1 Å². The monoisotopic (exact) mass is 368 g/mol. The van der Waals surface area contributed by atoms with Gasteiger partial charge in [0.05, 0.1) is 0 Å². The van der Waals surface area contributed by atoms with Crippen LogP contribution in [0.25, 0.3) is 0 Å². The summed E-state index contributed by atoms with van der Waals surface area (Å²) in [5, 5.41) is 6.92. The zero-order chi connectivity index (χ0) is 18.4. The molecule has 3 rings (SSSR count). The lowest BCUT2D eigenvalue weighted by Gasteiger charge is -2.36. The van der Waals surface area contributed by atoms with Crippen LogP contribution in [-0.2, 0) is 6.42 Å². The highest BCUT2D eigenvalue weighted by Gasteiger charge is 2.22. The summed E-state index contributed by atoms with van der Waals surface area (Å²) in [5.74, 6) is 0. The molecular formula is C20H24N4OS. The minimum absolute atomic E-state index is 0.0649. The largest absolute Gasteiger partial charge is 0.345 e. The second-order valence-electron chi connectivity index (χ2n) is 6.25. The first-order valence-corrected chi connectivity index (χ1v) is 9.32. The van der Waals surface area contributed by atoms with Gasteiger partial charge in [0.1, 0.15) is 0 Å². The van der Waals surface area contributed by atoms with Gasteiger partial charge in [-0.1, -0.05) is 37.3 Å². The van der Waals surface area contributed by atoms with Crippen LogP contribution < -0.4 is 10.6 Å². The Morgan fingerprint density at radius 3 is 2.08 bits per heavy atom. The number of urea groups is 1. The van der Waals surface area contributed by atoms with E-state index in [0.717, 1.165) is 30.9 Å². The normalized spacial score (nSPS) is 14.0. The number of rotatable bonds is 3. The van der Waals surface area contributed by atoms with E-state index in [4.69, 9.17) is 12.2 Å². The summed E-state index contributed by atoms with van der Waals surface area (Å²) in [7, 11) is 0. The van der Waals surface area contributed by atoms with E-state index in [-0.39, 0.29) is 6.03 Å². The van der Waals surface area contributed by atoms with Crippen molar-refractivity contribution in [3.8, 4) is 0 Å². The van der Waals surface area contributed by atoms with Crippen molar-refractivity contribution in [2.45, 2.75) is 13.3 Å². The van der Waals surface area contributed by atoms with Gasteiger partial charge in [0, 0.05) is 37.6 Å². The van der Waals surface area contributed by atoms with Crippen LogP contribution in [0.5, 0.6) is 0 Å². The predicted octanol–water partition coefficient (Wildman–Crippen LogP) is 3.80. The van der Waals surface area contributed by atoms with Crippen molar-refractivity contribution in [2.75, 3.05) is 36.8 Å². The van der Waals surface area contributed by atoms with Crippen molar-refractivity contribution in [2.24, 2.45) is 0 Å². The Morgan fingerprint density at radius 1 is 0.885 bits per heavy atom. The molecular weight excluding hydrogens is 344 g/mol. The molecule has 1 fully saturated rings. The number of nitrogens with one attached hydrogen (secondary N) is 2. The zero-order valence-electron chi connectivity index (χ0n) is 14.9. The molecule has 0 unspecified atom stereocenters. The number of carbonyl (C=O) groups excluding carboxylic acids is 1. The first kappa shape index (κ1) is 18.2. The maximum Gasteiger partial charge on any atom is 0.321 e. The molecule has 2 N–H and O–H groups in total. The first-order chi connectivity index (χ1) is 12.7. The van der Waals surface area contributed by atoms with Crippen LogP contribution in [0.3, 0.4) is 0 Å². The molecule has 0 bridgehead atoms. The third-order valence-corrected chi connectivity index (χ3v) is 4.85. The van der Waals surface area contributed by atoms with Crippen LogP contribution >= 0.6 is 12.2 Å². The van der Waals surface area contributed by atoms with E-state index >= 15 is 0 Å². The van der Waals surface area contributed by atoms with E-state index in [2.05, 4.69) is 46.7 Å². The molecule has 26 heavy (non-hydrogen) atoms. The van der Waals surface area contributed by atoms with Crippen LogP contribution in [0.1, 0.15) is 12.5 Å². The summed E-state index contributed by atoms with van der Waals surface area (Å²) in [6, 6.07) is 17.8. The van der Waals surface area contributed by atoms with E-state index in [0.29, 0.717) is 18.2 Å². The molecule has 0 aromatic heterocycles. The smallest absolute Gasteiger partial charge is 0.321 e. The first-order valence-electron chi connectivity index (χ1n) is 8.91. The van der Waals surface area contributed by atoms with Crippen molar-refractivity contribution in [3.63, 3.8) is 0 Å². The number of benzene rings is 2. The molecule has 0 radical (unpaired) electrons. The Hall–Kier alpha value is -2.60. The predicted molar refractivity (Wildman–Crippen MR) is 111 cm³/mol. The molecule has 0 aliphatic carbocycles. The number of hydrogen-bond donors (Lipinski definition) is 2. The zero-order valence-corrected chi connectivity index (χ0v) is 15.8. The number of piperazine rings is 1. The van der Waals surface area contributed by atoms with Gasteiger partial charge >= 0.3 is 6.03 Å². The molecule has 2 aromatic carbocycles. The summed E-state index contributed by atoms with van der Waals surface area (Å²) >= 11 is 5.52. The molecule has 5 nitrogen and oxygen atoms in total. The lowest BCUT2D eigenvalue weighted by atomic mass is 10.1. The number of hydrogen-bond acceptors (Lipinski definition) is 2. The summed E-state index contributed by atoms with van der Waals surface area (Å²) in [4.78, 5) is 16.3. The SMILES string of the molecule is CCc1ccc(NC(=S)N2CCN(C(=O)Nc3ccccc3)CC2)cc1. The minimum atomic E-state index is -0.0649. The summed E-state index contributed by atoms with van der Waals surface area (Å²) in [6.07, 6.45) is 1.03. The minimum Gasteiger partial charge on any atom is -0.345 e. The van der Waals surface area contributed by atoms with E-state index in [9.17, 15) is 4.79 Å². The molecule has 0 saturated carbocycles. The highest BCUT2D eigenvalue weighted by molar-refractivity contribution is 7.80. The van der Waals surface area contributed by atoms with Crippen molar-refractivity contribution in [3.05, 3.63) is 60.2 Å². The van der Waals surface area contributed by atoms with Gasteiger partial charge in [0.2, 0.25) is 0 Å². The second-order valence-corrected chi connectivity index (χ2v) is 6.64. The summed E-state index contributed by atoms with van der Waals surface area (Å²) in [5.41, 5.74) is 3.11. The fourth-order valence-electron chi connectivity index (χ4n) is 2.86. The molecule has 136 valence electrons. The maximum atomic E-state index is 12.3. The number of para-hydroxylation sites is 1. The average Bonchev–Trinajstić information content (AvgIpc) is 2.69. The van der Waals surface area contributed by atoms with Gasteiger partial charge in [0.15, 0.2) is 5.11 Å². The Labute approximate surface area is 160 Å².